The van der Waals surface area contributed by atoms with Crippen molar-refractivity contribution in [3.63, 3.8) is 0 Å². The van der Waals surface area contributed by atoms with Gasteiger partial charge in [-0.05, 0) is 42.8 Å². The third-order valence-electron chi connectivity index (χ3n) is 3.21. The summed E-state index contributed by atoms with van der Waals surface area (Å²) in [5.41, 5.74) is 6.41. The summed E-state index contributed by atoms with van der Waals surface area (Å²) in [5, 5.41) is 5.02. The van der Waals surface area contributed by atoms with Crippen molar-refractivity contribution >= 4 is 25.5 Å². The molecule has 7 nitrogen and oxygen atoms in total. The van der Waals surface area contributed by atoms with Gasteiger partial charge in [-0.15, -0.1) is 0 Å². The van der Waals surface area contributed by atoms with E-state index in [1.165, 1.54) is 36.4 Å². The molecule has 0 saturated heterocycles. The van der Waals surface area contributed by atoms with Gasteiger partial charge in [0.15, 0.2) is 9.84 Å². The Morgan fingerprint density at radius 1 is 1.00 bits per heavy atom. The molecule has 0 radical (unpaired) electrons. The number of rotatable bonds is 6. The lowest BCUT2D eigenvalue weighted by atomic mass is 10.2. The van der Waals surface area contributed by atoms with Crippen molar-refractivity contribution < 1.29 is 21.6 Å². The van der Waals surface area contributed by atoms with Crippen molar-refractivity contribution in [1.82, 2.24) is 0 Å². The first-order chi connectivity index (χ1) is 11.1. The first-order valence-electron chi connectivity index (χ1n) is 7.00. The molecule has 4 N–H and O–H groups in total. The van der Waals surface area contributed by atoms with E-state index in [1.54, 1.807) is 13.0 Å². The lowest BCUT2D eigenvalue weighted by Gasteiger charge is -2.12. The number of sulfone groups is 1. The van der Waals surface area contributed by atoms with Gasteiger partial charge in [-0.2, -0.15) is 0 Å². The number of anilines is 1. The van der Waals surface area contributed by atoms with Gasteiger partial charge in [0.1, 0.15) is 10.6 Å². The molecule has 24 heavy (non-hydrogen) atoms. The number of hydrogen-bond donors (Lipinski definition) is 2. The zero-order valence-corrected chi connectivity index (χ0v) is 14.6. The van der Waals surface area contributed by atoms with Gasteiger partial charge in [-0.25, -0.2) is 22.0 Å². The van der Waals surface area contributed by atoms with E-state index in [4.69, 9.17) is 15.6 Å². The summed E-state index contributed by atoms with van der Waals surface area (Å²) in [6.45, 7) is 2.06. The lowest BCUT2D eigenvalue weighted by Crippen LogP contribution is -2.12. The Kier molecular flexibility index (Phi) is 5.16. The van der Waals surface area contributed by atoms with Crippen LogP contribution in [0.25, 0.3) is 0 Å². The van der Waals surface area contributed by atoms with E-state index in [-0.39, 0.29) is 21.3 Å². The third-order valence-corrected chi connectivity index (χ3v) is 5.84. The van der Waals surface area contributed by atoms with Gasteiger partial charge in [-0.1, -0.05) is 12.1 Å². The molecule has 0 spiro atoms. The molecule has 0 saturated carbocycles. The Hall–Kier alpha value is -2.10. The molecule has 2 rings (SSSR count). The van der Waals surface area contributed by atoms with E-state index < -0.39 is 19.9 Å². The minimum atomic E-state index is -3.82. The highest BCUT2D eigenvalue weighted by Gasteiger charge is 2.21. The Labute approximate surface area is 141 Å². The Balaban J connectivity index is 2.37. The van der Waals surface area contributed by atoms with Crippen LogP contribution in [0.4, 0.5) is 5.69 Å². The second kappa shape index (κ2) is 6.80. The lowest BCUT2D eigenvalue weighted by molar-refractivity contribution is 0.331. The van der Waals surface area contributed by atoms with Gasteiger partial charge in [0.2, 0.25) is 10.0 Å². The van der Waals surface area contributed by atoms with Gasteiger partial charge in [0, 0.05) is 5.69 Å². The van der Waals surface area contributed by atoms with Crippen LogP contribution in [0.5, 0.6) is 5.75 Å². The maximum atomic E-state index is 12.7. The van der Waals surface area contributed by atoms with Gasteiger partial charge < -0.3 is 10.5 Å². The average molecular weight is 370 g/mol. The standard InChI is InChI=1S/C15H18N2O5S2/c1-2-22-14-8-5-12(16)9-15(14)23(18,19)10-11-3-6-13(7-4-11)24(17,20)21/h3-9H,2,10,16H2,1H3,(H2,17,20,21). The quantitative estimate of drug-likeness (QED) is 0.737. The zero-order chi connectivity index (χ0) is 18.0. The number of ether oxygens (including phenoxy) is 1. The molecule has 0 aliphatic heterocycles. The Morgan fingerprint density at radius 2 is 1.62 bits per heavy atom. The summed E-state index contributed by atoms with van der Waals surface area (Å²) in [7, 11) is -7.54. The molecule has 130 valence electrons. The summed E-state index contributed by atoms with van der Waals surface area (Å²) in [5.74, 6) is -0.0885. The van der Waals surface area contributed by atoms with Crippen LogP contribution in [0.1, 0.15) is 12.5 Å². The van der Waals surface area contributed by atoms with Crippen LogP contribution in [0.15, 0.2) is 52.3 Å². The van der Waals surface area contributed by atoms with E-state index in [0.29, 0.717) is 17.9 Å². The highest BCUT2D eigenvalue weighted by atomic mass is 32.2. The fourth-order valence-electron chi connectivity index (χ4n) is 2.11. The van der Waals surface area contributed by atoms with E-state index in [2.05, 4.69) is 0 Å². The molecule has 0 fully saturated rings. The smallest absolute Gasteiger partial charge is 0.238 e. The normalized spacial score (nSPS) is 12.1. The number of nitrogens with two attached hydrogens (primary N) is 2. The van der Waals surface area contributed by atoms with E-state index in [1.807, 2.05) is 0 Å². The Morgan fingerprint density at radius 3 is 2.17 bits per heavy atom. The third kappa shape index (κ3) is 4.25. The molecule has 2 aromatic carbocycles. The van der Waals surface area contributed by atoms with Crippen LogP contribution in [-0.4, -0.2) is 23.4 Å². The molecule has 2 aromatic rings. The van der Waals surface area contributed by atoms with Gasteiger partial charge >= 0.3 is 0 Å². The van der Waals surface area contributed by atoms with E-state index >= 15 is 0 Å². The van der Waals surface area contributed by atoms with Gasteiger partial charge in [0.25, 0.3) is 0 Å². The zero-order valence-electron chi connectivity index (χ0n) is 13.0. The van der Waals surface area contributed by atoms with Crippen LogP contribution >= 0.6 is 0 Å². The topological polar surface area (TPSA) is 130 Å². The molecule has 0 unspecified atom stereocenters. The summed E-state index contributed by atoms with van der Waals surface area (Å²) >= 11 is 0. The summed E-state index contributed by atoms with van der Waals surface area (Å²) < 4.78 is 53.1. The van der Waals surface area contributed by atoms with Crippen molar-refractivity contribution in [2.75, 3.05) is 12.3 Å². The number of hydrogen-bond acceptors (Lipinski definition) is 6. The minimum absolute atomic E-state index is 0.000118. The summed E-state index contributed by atoms with van der Waals surface area (Å²) in [4.78, 5) is -0.0810. The monoisotopic (exact) mass is 370 g/mol. The van der Waals surface area contributed by atoms with Crippen LogP contribution in [0.2, 0.25) is 0 Å². The van der Waals surface area contributed by atoms with Crippen LogP contribution in [0.3, 0.4) is 0 Å². The molecule has 0 aromatic heterocycles. The highest BCUT2D eigenvalue weighted by molar-refractivity contribution is 7.90. The molecular formula is C15H18N2O5S2. The number of benzene rings is 2. The van der Waals surface area contributed by atoms with Crippen LogP contribution in [-0.2, 0) is 25.6 Å². The van der Waals surface area contributed by atoms with E-state index in [0.717, 1.165) is 0 Å². The fraction of sp³-hybridized carbons (Fsp3) is 0.200. The highest BCUT2D eigenvalue weighted by Crippen LogP contribution is 2.29. The Bertz CT molecular complexity index is 936. The van der Waals surface area contributed by atoms with E-state index in [9.17, 15) is 16.8 Å². The van der Waals surface area contributed by atoms with Crippen LogP contribution < -0.4 is 15.6 Å². The molecular weight excluding hydrogens is 352 g/mol. The maximum Gasteiger partial charge on any atom is 0.238 e. The molecule has 0 amide bonds. The van der Waals surface area contributed by atoms with Gasteiger partial charge in [-0.3, -0.25) is 0 Å². The molecule has 0 aliphatic carbocycles. The van der Waals surface area contributed by atoms with Crippen molar-refractivity contribution in [3.05, 3.63) is 48.0 Å². The summed E-state index contributed by atoms with van der Waals surface area (Å²) in [6, 6.07) is 9.76. The molecule has 0 heterocycles. The summed E-state index contributed by atoms with van der Waals surface area (Å²) in [6.07, 6.45) is 0. The number of primary sulfonamides is 1. The van der Waals surface area contributed by atoms with Crippen molar-refractivity contribution in [1.29, 1.82) is 0 Å². The molecule has 0 bridgehead atoms. The largest absolute Gasteiger partial charge is 0.493 e. The second-order valence-corrected chi connectivity index (χ2v) is 8.61. The fourth-order valence-corrected chi connectivity index (χ4v) is 4.17. The SMILES string of the molecule is CCOc1ccc(N)cc1S(=O)(=O)Cc1ccc(S(N)(=O)=O)cc1. The number of nitrogen functional groups attached to an aromatic ring is 1. The predicted molar refractivity (Wildman–Crippen MR) is 90.7 cm³/mol. The maximum absolute atomic E-state index is 12.7. The first-order valence-corrected chi connectivity index (χ1v) is 10.2. The molecule has 0 atom stereocenters. The number of sulfonamides is 1. The van der Waals surface area contributed by atoms with Crippen molar-refractivity contribution in [2.24, 2.45) is 5.14 Å². The van der Waals surface area contributed by atoms with Crippen molar-refractivity contribution in [2.45, 2.75) is 22.5 Å². The van der Waals surface area contributed by atoms with Gasteiger partial charge in [0.05, 0.1) is 17.3 Å². The van der Waals surface area contributed by atoms with Crippen molar-refractivity contribution in [3.8, 4) is 5.75 Å². The predicted octanol–water partition coefficient (Wildman–Crippen LogP) is 1.29. The van der Waals surface area contributed by atoms with Crippen LogP contribution in [0, 0.1) is 0 Å². The second-order valence-electron chi connectivity index (χ2n) is 5.09. The average Bonchev–Trinajstić information content (AvgIpc) is 2.48. The molecule has 9 heteroatoms. The minimum Gasteiger partial charge on any atom is -0.493 e. The molecule has 0 aliphatic rings. The first kappa shape index (κ1) is 18.2.